The van der Waals surface area contributed by atoms with Crippen molar-refractivity contribution in [3.8, 4) is 0 Å². The first-order chi connectivity index (χ1) is 34.5. The first-order valence-corrected chi connectivity index (χ1v) is 30.5. The molecule has 29 heteroatoms. The summed E-state index contributed by atoms with van der Waals surface area (Å²) in [4.78, 5) is 89.7. The second-order valence-electron chi connectivity index (χ2n) is 21.7. The highest BCUT2D eigenvalue weighted by Crippen LogP contribution is 2.67. The zero-order chi connectivity index (χ0) is 54.2. The van der Waals surface area contributed by atoms with Gasteiger partial charge in [0.1, 0.15) is 36.3 Å². The van der Waals surface area contributed by atoms with Gasteiger partial charge in [-0.2, -0.15) is 4.31 Å². The van der Waals surface area contributed by atoms with E-state index in [0.717, 1.165) is 49.3 Å². The predicted molar refractivity (Wildman–Crippen MR) is 267 cm³/mol. The van der Waals surface area contributed by atoms with Gasteiger partial charge in [0.15, 0.2) is 22.8 Å². The van der Waals surface area contributed by atoms with Crippen LogP contribution in [0.1, 0.15) is 111 Å². The number of imidazole rings is 1. The van der Waals surface area contributed by atoms with Gasteiger partial charge in [0.25, 0.3) is 0 Å². The molecule has 0 bridgehead atoms. The first kappa shape index (κ1) is 58.9. The zero-order valence-electron chi connectivity index (χ0n) is 42.1. The van der Waals surface area contributed by atoms with Crippen LogP contribution in [0.5, 0.6) is 0 Å². The monoisotopic (exact) mass is 1120 g/mol. The molecule has 25 nitrogen and oxygen atoms in total. The summed E-state index contributed by atoms with van der Waals surface area (Å²) in [7, 11) is -16.4. The molecule has 2 amide bonds. The van der Waals surface area contributed by atoms with Crippen LogP contribution in [0.15, 0.2) is 24.3 Å². The average Bonchev–Trinajstić information content (AvgIpc) is 4.00. The highest BCUT2D eigenvalue weighted by atomic mass is 32.2. The van der Waals surface area contributed by atoms with E-state index in [1.165, 1.54) is 56.9 Å². The number of carbonyl (C=O) groups excluding carboxylic acids is 3. The van der Waals surface area contributed by atoms with Gasteiger partial charge in [0, 0.05) is 37.1 Å². The van der Waals surface area contributed by atoms with Crippen molar-refractivity contribution < 1.29 is 85.6 Å². The lowest BCUT2D eigenvalue weighted by Crippen LogP contribution is -2.50. The number of hydrogen-bond acceptors (Lipinski definition) is 19. The quantitative estimate of drug-likeness (QED) is 0.0427. The number of aromatic nitrogens is 4. The number of rotatable bonds is 23. The number of nitrogens with two attached hydrogens (primary N) is 1. The molecule has 1 saturated heterocycles. The number of aliphatic hydroxyl groups excluding tert-OH is 3. The smallest absolute Gasteiger partial charge is 0.393 e. The predicted octanol–water partition coefficient (Wildman–Crippen LogP) is 4.02. The summed E-state index contributed by atoms with van der Waals surface area (Å²) in [5.74, 6) is 1.98. The molecule has 11 N–H and O–H groups in total. The fourth-order valence-corrected chi connectivity index (χ4v) is 16.1. The summed E-state index contributed by atoms with van der Waals surface area (Å²) in [5.41, 5.74) is 6.24. The van der Waals surface area contributed by atoms with Gasteiger partial charge in [-0.3, -0.25) is 32.5 Å². The highest BCUT2D eigenvalue weighted by Gasteiger charge is 2.59. The topological polar surface area (TPSA) is 384 Å². The maximum Gasteiger partial charge on any atom is 0.481 e. The fourth-order valence-electron chi connectivity index (χ4n) is 12.5. The minimum Gasteiger partial charge on any atom is -0.393 e. The van der Waals surface area contributed by atoms with Gasteiger partial charge in [-0.05, 0) is 98.2 Å². The van der Waals surface area contributed by atoms with Crippen LogP contribution in [-0.2, 0) is 50.7 Å². The van der Waals surface area contributed by atoms with E-state index >= 15 is 0 Å². The van der Waals surface area contributed by atoms with E-state index < -0.39 is 84.6 Å². The SMILES string of the molecule is C[C@H](CCC(=O)SCCNC(=O)CCNC(=O)[C@H](O)C(C)(C)COP(=O)(O)OP(=O)(O)OC[C@H]1O[C@@H](n2cnc3c(N)ncnc32)[C@H](O)[C@@H]1OP(=O)(O)O)[C@H]1CC[C@H]2[C@@H]3CC=C4C[C@@H](O)CC[C@]4(C)[C@H]3CC[C@]12C. The lowest BCUT2D eigenvalue weighted by atomic mass is 9.47. The third-order valence-corrected chi connectivity index (χ3v) is 20.4. The Morgan fingerprint density at radius 2 is 1.70 bits per heavy atom. The van der Waals surface area contributed by atoms with Gasteiger partial charge in [-0.15, -0.1) is 0 Å². The molecule has 0 aromatic carbocycles. The van der Waals surface area contributed by atoms with Crippen molar-refractivity contribution in [3.05, 3.63) is 24.3 Å². The van der Waals surface area contributed by atoms with Gasteiger partial charge in [0.2, 0.25) is 11.8 Å². The zero-order valence-corrected chi connectivity index (χ0v) is 45.6. The Morgan fingerprint density at radius 1 is 0.973 bits per heavy atom. The van der Waals surface area contributed by atoms with Crippen molar-refractivity contribution in [2.45, 2.75) is 142 Å². The minimum absolute atomic E-state index is 0.0319. The molecule has 7 rings (SSSR count). The van der Waals surface area contributed by atoms with E-state index in [9.17, 15) is 63.0 Å². The molecule has 5 aliphatic rings. The lowest BCUT2D eigenvalue weighted by molar-refractivity contribution is -0.137. The molecule has 3 heterocycles. The summed E-state index contributed by atoms with van der Waals surface area (Å²) >= 11 is 1.18. The van der Waals surface area contributed by atoms with Gasteiger partial charge in [-0.1, -0.05) is 58.0 Å². The number of phosphoric ester groups is 3. The molecule has 1 aliphatic heterocycles. The molecule has 2 aromatic heterocycles. The van der Waals surface area contributed by atoms with Crippen LogP contribution in [0.3, 0.4) is 0 Å². The Labute approximate surface area is 433 Å². The van der Waals surface area contributed by atoms with E-state index in [1.807, 2.05) is 0 Å². The van der Waals surface area contributed by atoms with Crippen LogP contribution in [-0.4, -0.2) is 134 Å². The summed E-state index contributed by atoms with van der Waals surface area (Å²) in [5, 5.41) is 37.3. The number of nitrogen functional groups attached to an aromatic ring is 1. The van der Waals surface area contributed by atoms with Gasteiger partial charge in [0.05, 0.1) is 25.6 Å². The number of carbonyl (C=O) groups is 3. The number of aliphatic hydroxyl groups is 3. The molecule has 2 unspecified atom stereocenters. The molecule has 4 aliphatic carbocycles. The number of hydrogen-bond donors (Lipinski definition) is 10. The highest BCUT2D eigenvalue weighted by molar-refractivity contribution is 8.13. The van der Waals surface area contributed by atoms with E-state index in [1.54, 1.807) is 0 Å². The Hall–Kier alpha value is -2.74. The van der Waals surface area contributed by atoms with Crippen LogP contribution in [0.25, 0.3) is 11.2 Å². The van der Waals surface area contributed by atoms with Crippen molar-refractivity contribution in [2.75, 3.05) is 37.8 Å². The van der Waals surface area contributed by atoms with Crippen molar-refractivity contribution in [3.63, 3.8) is 0 Å². The van der Waals surface area contributed by atoms with Gasteiger partial charge < -0.3 is 56.0 Å². The Morgan fingerprint density at radius 3 is 2.43 bits per heavy atom. The van der Waals surface area contributed by atoms with Crippen molar-refractivity contribution in [1.29, 1.82) is 0 Å². The molecule has 4 fully saturated rings. The van der Waals surface area contributed by atoms with Crippen molar-refractivity contribution in [1.82, 2.24) is 30.2 Å². The molecular weight excluding hydrogens is 1050 g/mol. The number of phosphoric acid groups is 3. The number of amides is 2. The second-order valence-corrected chi connectivity index (χ2v) is 27.1. The van der Waals surface area contributed by atoms with Crippen molar-refractivity contribution >= 4 is 69.1 Å². The fraction of sp³-hybridized carbons (Fsp3) is 0.778. The van der Waals surface area contributed by atoms with Gasteiger partial charge >= 0.3 is 23.5 Å². The standard InChI is InChI=1S/C45H72N7O18P3S/c1-25(29-9-10-30-28-8-7-26-20-27(53)12-15-44(26,4)31(28)13-16-45(29,30)5)6-11-34(55)74-19-18-47-33(54)14-17-48-41(58)38(57)43(2,3)22-67-73(64,65)70-72(62,63)66-21-32-37(69-71(59,60)61)36(56)42(68-32)52-24-51-35-39(46)49-23-50-40(35)52/h7,23-25,27-32,36-38,42,53,56-57H,6,8-22H2,1-5H3,(H,47,54)(H,48,58)(H,62,63)(H,64,65)(H2,46,49,50)(H2,59,60,61)/t25-,27+,28+,29-,30+,31+,32-,36-,37-,38+,42-,44+,45-/m1/s1. The normalized spacial score (nSPS) is 32.5. The summed E-state index contributed by atoms with van der Waals surface area (Å²) in [6, 6.07) is 0. The van der Waals surface area contributed by atoms with E-state index in [4.69, 9.17) is 19.5 Å². The molecule has 3 saturated carbocycles. The number of thioether (sulfide) groups is 1. The van der Waals surface area contributed by atoms with Crippen LogP contribution >= 0.6 is 35.2 Å². The maximum atomic E-state index is 12.9. The Kier molecular flexibility index (Phi) is 18.6. The van der Waals surface area contributed by atoms with Crippen molar-refractivity contribution in [2.24, 2.45) is 45.8 Å². The molecule has 0 spiro atoms. The van der Waals surface area contributed by atoms with Gasteiger partial charge in [-0.25, -0.2) is 28.6 Å². The number of nitrogens with one attached hydrogen (secondary N) is 2. The molecular formula is C45H72N7O18P3S. The van der Waals surface area contributed by atoms with E-state index in [2.05, 4.69) is 61.3 Å². The summed E-state index contributed by atoms with van der Waals surface area (Å²) in [6.07, 6.45) is 5.38. The largest absolute Gasteiger partial charge is 0.481 e. The van der Waals surface area contributed by atoms with Crippen LogP contribution in [0.2, 0.25) is 0 Å². The summed E-state index contributed by atoms with van der Waals surface area (Å²) in [6.45, 7) is 7.80. The molecule has 0 radical (unpaired) electrons. The first-order valence-electron chi connectivity index (χ1n) is 25.0. The third-order valence-electron chi connectivity index (χ3n) is 16.4. The molecule has 15 atom stereocenters. The molecule has 74 heavy (non-hydrogen) atoms. The number of nitrogens with zero attached hydrogens (tertiary/aromatic N) is 4. The number of allylic oxidation sites excluding steroid dienone is 1. The number of ether oxygens (including phenoxy) is 1. The minimum atomic E-state index is -5.59. The lowest BCUT2D eigenvalue weighted by Gasteiger charge is -2.58. The molecule has 2 aromatic rings. The number of fused-ring (bicyclic) bond motifs is 6. The average molecular weight is 1120 g/mol. The Balaban J connectivity index is 0.776. The third kappa shape index (κ3) is 13.6. The van der Waals surface area contributed by atoms with E-state index in [-0.39, 0.29) is 58.5 Å². The number of anilines is 1. The Bertz CT molecular complexity index is 2550. The van der Waals surface area contributed by atoms with Crippen LogP contribution in [0, 0.1) is 45.8 Å². The van der Waals surface area contributed by atoms with Crippen LogP contribution in [0.4, 0.5) is 5.82 Å². The maximum absolute atomic E-state index is 12.9. The van der Waals surface area contributed by atoms with Crippen LogP contribution < -0.4 is 16.4 Å². The second kappa shape index (κ2) is 23.3. The summed E-state index contributed by atoms with van der Waals surface area (Å²) < 4.78 is 62.7. The molecule has 416 valence electrons. The van der Waals surface area contributed by atoms with E-state index in [0.29, 0.717) is 41.8 Å².